The summed E-state index contributed by atoms with van der Waals surface area (Å²) in [6.07, 6.45) is 3.55. The van der Waals surface area contributed by atoms with Gasteiger partial charge in [0, 0.05) is 21.5 Å². The molecule has 3 rings (SSSR count). The zero-order valence-electron chi connectivity index (χ0n) is 10.9. The molecule has 1 N–H and O–H groups in total. The summed E-state index contributed by atoms with van der Waals surface area (Å²) in [7, 11) is 0. The number of rotatable bonds is 3. The Morgan fingerprint density at radius 1 is 1.47 bits per heavy atom. The number of hydrogen-bond donors (Lipinski definition) is 1. The lowest BCUT2D eigenvalue weighted by atomic mass is 9.98. The minimum Gasteiger partial charge on any atom is -0.309 e. The standard InChI is InChI=1S/C15H17ClN2S/c1-2-17-12-7-4-8-13-14(12)19-15(18-13)10-5-3-6-11(16)9-10/h3,5-6,9,12,17H,2,4,7-8H2,1H3. The SMILES string of the molecule is CCNC1CCCc2nc(-c3cccc(Cl)c3)sc21. The molecular weight excluding hydrogens is 276 g/mol. The third kappa shape index (κ3) is 2.69. The largest absolute Gasteiger partial charge is 0.309 e. The molecule has 100 valence electrons. The van der Waals surface area contributed by atoms with Crippen LogP contribution in [-0.2, 0) is 6.42 Å². The fourth-order valence-electron chi connectivity index (χ4n) is 2.61. The van der Waals surface area contributed by atoms with Crippen LogP contribution in [0.15, 0.2) is 24.3 Å². The molecule has 0 bridgehead atoms. The van der Waals surface area contributed by atoms with E-state index in [1.807, 2.05) is 29.5 Å². The number of aromatic nitrogens is 1. The molecule has 0 saturated carbocycles. The van der Waals surface area contributed by atoms with Gasteiger partial charge in [0.15, 0.2) is 0 Å². The van der Waals surface area contributed by atoms with Crippen LogP contribution >= 0.6 is 22.9 Å². The van der Waals surface area contributed by atoms with Gasteiger partial charge in [0.25, 0.3) is 0 Å². The van der Waals surface area contributed by atoms with Crippen molar-refractivity contribution < 1.29 is 0 Å². The second-order valence-corrected chi connectivity index (χ2v) is 6.31. The highest BCUT2D eigenvalue weighted by atomic mass is 35.5. The highest BCUT2D eigenvalue weighted by Crippen LogP contribution is 2.38. The van der Waals surface area contributed by atoms with E-state index >= 15 is 0 Å². The number of nitrogens with one attached hydrogen (secondary N) is 1. The maximum absolute atomic E-state index is 6.06. The number of fused-ring (bicyclic) bond motifs is 1. The number of benzene rings is 1. The fraction of sp³-hybridized carbons (Fsp3) is 0.400. The molecule has 0 aliphatic heterocycles. The third-order valence-electron chi connectivity index (χ3n) is 3.47. The molecule has 0 fully saturated rings. The van der Waals surface area contributed by atoms with Gasteiger partial charge in [0.05, 0.1) is 5.69 Å². The zero-order chi connectivity index (χ0) is 13.2. The predicted molar refractivity (Wildman–Crippen MR) is 81.9 cm³/mol. The summed E-state index contributed by atoms with van der Waals surface area (Å²) in [6, 6.07) is 8.45. The van der Waals surface area contributed by atoms with Gasteiger partial charge in [-0.2, -0.15) is 0 Å². The second kappa shape index (κ2) is 5.61. The molecule has 1 aliphatic rings. The fourth-order valence-corrected chi connectivity index (χ4v) is 4.01. The lowest BCUT2D eigenvalue weighted by Gasteiger charge is -2.21. The van der Waals surface area contributed by atoms with Gasteiger partial charge in [-0.1, -0.05) is 30.7 Å². The van der Waals surface area contributed by atoms with Crippen LogP contribution in [0, 0.1) is 0 Å². The van der Waals surface area contributed by atoms with Crippen molar-refractivity contribution in [2.45, 2.75) is 32.2 Å². The normalized spacial score (nSPS) is 18.3. The quantitative estimate of drug-likeness (QED) is 0.904. The molecule has 4 heteroatoms. The van der Waals surface area contributed by atoms with Gasteiger partial charge in [-0.05, 0) is 37.9 Å². The summed E-state index contributed by atoms with van der Waals surface area (Å²) in [5.41, 5.74) is 2.40. The molecule has 0 saturated heterocycles. The molecule has 0 radical (unpaired) electrons. The Bertz CT molecular complexity index is 579. The highest BCUT2D eigenvalue weighted by Gasteiger charge is 2.24. The van der Waals surface area contributed by atoms with Crippen LogP contribution in [0.3, 0.4) is 0 Å². The van der Waals surface area contributed by atoms with Gasteiger partial charge in [-0.15, -0.1) is 11.3 Å². The molecular formula is C15H17ClN2S. The van der Waals surface area contributed by atoms with Crippen molar-refractivity contribution in [1.82, 2.24) is 10.3 Å². The van der Waals surface area contributed by atoms with Crippen molar-refractivity contribution in [3.8, 4) is 10.6 Å². The Labute approximate surface area is 122 Å². The van der Waals surface area contributed by atoms with E-state index in [0.29, 0.717) is 6.04 Å². The van der Waals surface area contributed by atoms with Gasteiger partial charge in [-0.25, -0.2) is 4.98 Å². The van der Waals surface area contributed by atoms with Gasteiger partial charge < -0.3 is 5.32 Å². The number of nitrogens with zero attached hydrogens (tertiary/aromatic N) is 1. The van der Waals surface area contributed by atoms with Crippen LogP contribution in [0.1, 0.15) is 36.4 Å². The Kier molecular flexibility index (Phi) is 3.87. The van der Waals surface area contributed by atoms with Crippen LogP contribution in [-0.4, -0.2) is 11.5 Å². The van der Waals surface area contributed by atoms with Gasteiger partial charge in [0.2, 0.25) is 0 Å². The molecule has 1 aliphatic carbocycles. The minimum absolute atomic E-state index is 0.485. The average molecular weight is 293 g/mol. The van der Waals surface area contributed by atoms with Crippen molar-refractivity contribution in [3.05, 3.63) is 39.9 Å². The number of aryl methyl sites for hydroxylation is 1. The summed E-state index contributed by atoms with van der Waals surface area (Å²) in [6.45, 7) is 3.17. The van der Waals surface area contributed by atoms with Crippen molar-refractivity contribution in [1.29, 1.82) is 0 Å². The molecule has 0 amide bonds. The Balaban J connectivity index is 1.97. The first kappa shape index (κ1) is 13.1. The smallest absolute Gasteiger partial charge is 0.123 e. The predicted octanol–water partition coefficient (Wildman–Crippen LogP) is 4.45. The maximum Gasteiger partial charge on any atom is 0.123 e. The summed E-state index contributed by atoms with van der Waals surface area (Å²) < 4.78 is 0. The number of hydrogen-bond acceptors (Lipinski definition) is 3. The van der Waals surface area contributed by atoms with Crippen LogP contribution in [0.2, 0.25) is 5.02 Å². The van der Waals surface area contributed by atoms with Gasteiger partial charge in [0.1, 0.15) is 5.01 Å². The highest BCUT2D eigenvalue weighted by molar-refractivity contribution is 7.15. The van der Waals surface area contributed by atoms with Crippen LogP contribution in [0.5, 0.6) is 0 Å². The molecule has 1 atom stereocenters. The van der Waals surface area contributed by atoms with E-state index in [9.17, 15) is 0 Å². The summed E-state index contributed by atoms with van der Waals surface area (Å²) in [5, 5.41) is 5.43. The van der Waals surface area contributed by atoms with Crippen molar-refractivity contribution >= 4 is 22.9 Å². The minimum atomic E-state index is 0.485. The number of thiazole rings is 1. The molecule has 2 nitrogen and oxygen atoms in total. The Morgan fingerprint density at radius 2 is 2.37 bits per heavy atom. The first-order chi connectivity index (χ1) is 9.28. The second-order valence-electron chi connectivity index (χ2n) is 4.84. The number of halogens is 1. The lowest BCUT2D eigenvalue weighted by molar-refractivity contribution is 0.476. The topological polar surface area (TPSA) is 24.9 Å². The first-order valence-electron chi connectivity index (χ1n) is 6.77. The van der Waals surface area contributed by atoms with Gasteiger partial charge in [-0.3, -0.25) is 0 Å². The van der Waals surface area contributed by atoms with E-state index in [1.165, 1.54) is 23.4 Å². The first-order valence-corrected chi connectivity index (χ1v) is 7.96. The summed E-state index contributed by atoms with van der Waals surface area (Å²) >= 11 is 7.88. The van der Waals surface area contributed by atoms with Crippen LogP contribution < -0.4 is 5.32 Å². The van der Waals surface area contributed by atoms with E-state index in [-0.39, 0.29) is 0 Å². The van der Waals surface area contributed by atoms with Gasteiger partial charge >= 0.3 is 0 Å². The van der Waals surface area contributed by atoms with E-state index in [0.717, 1.165) is 28.6 Å². The molecule has 1 unspecified atom stereocenters. The van der Waals surface area contributed by atoms with E-state index in [4.69, 9.17) is 16.6 Å². The molecule has 1 aromatic carbocycles. The molecule has 0 spiro atoms. The third-order valence-corrected chi connectivity index (χ3v) is 4.97. The molecule has 2 aromatic rings. The van der Waals surface area contributed by atoms with Crippen LogP contribution in [0.4, 0.5) is 0 Å². The van der Waals surface area contributed by atoms with Crippen molar-refractivity contribution in [2.75, 3.05) is 6.54 Å². The van der Waals surface area contributed by atoms with Crippen molar-refractivity contribution in [3.63, 3.8) is 0 Å². The van der Waals surface area contributed by atoms with E-state index < -0.39 is 0 Å². The zero-order valence-corrected chi connectivity index (χ0v) is 12.5. The molecule has 1 aromatic heterocycles. The lowest BCUT2D eigenvalue weighted by Crippen LogP contribution is -2.23. The molecule has 19 heavy (non-hydrogen) atoms. The maximum atomic E-state index is 6.06. The Hall–Kier alpha value is -0.900. The molecule has 1 heterocycles. The average Bonchev–Trinajstić information content (AvgIpc) is 2.84. The van der Waals surface area contributed by atoms with Crippen molar-refractivity contribution in [2.24, 2.45) is 0 Å². The van der Waals surface area contributed by atoms with E-state index in [2.05, 4.69) is 18.3 Å². The monoisotopic (exact) mass is 292 g/mol. The van der Waals surface area contributed by atoms with Crippen LogP contribution in [0.25, 0.3) is 10.6 Å². The van der Waals surface area contributed by atoms with E-state index in [1.54, 1.807) is 0 Å². The Morgan fingerprint density at radius 3 is 3.16 bits per heavy atom. The summed E-state index contributed by atoms with van der Waals surface area (Å²) in [4.78, 5) is 6.23. The summed E-state index contributed by atoms with van der Waals surface area (Å²) in [5.74, 6) is 0.